The van der Waals surface area contributed by atoms with Gasteiger partial charge < -0.3 is 5.32 Å². The van der Waals surface area contributed by atoms with Crippen molar-refractivity contribution in [2.24, 2.45) is 0 Å². The quantitative estimate of drug-likeness (QED) is 0.943. The van der Waals surface area contributed by atoms with Crippen molar-refractivity contribution in [1.82, 2.24) is 9.78 Å². The summed E-state index contributed by atoms with van der Waals surface area (Å²) in [7, 11) is -1.03. The minimum Gasteiger partial charge on any atom is -0.307 e. The van der Waals surface area contributed by atoms with Crippen LogP contribution in [-0.4, -0.2) is 26.2 Å². The zero-order chi connectivity index (χ0) is 15.5. The number of hydrogen-bond acceptors (Lipinski definition) is 3. The molecule has 2 aromatic rings. The normalized spacial score (nSPS) is 16.6. The second kappa shape index (κ2) is 6.44. The third-order valence-corrected chi connectivity index (χ3v) is 4.97. The molecule has 1 aliphatic carbocycles. The molecule has 6 heteroatoms. The summed E-state index contributed by atoms with van der Waals surface area (Å²) in [4.78, 5) is 13.0. The highest BCUT2D eigenvalue weighted by atomic mass is 32.2. The second-order valence-electron chi connectivity index (χ2n) is 5.53. The molecule has 5 nitrogen and oxygen atoms in total. The lowest BCUT2D eigenvalue weighted by Crippen LogP contribution is -2.17. The van der Waals surface area contributed by atoms with E-state index in [1.165, 1.54) is 12.8 Å². The lowest BCUT2D eigenvalue weighted by Gasteiger charge is -2.14. The van der Waals surface area contributed by atoms with Gasteiger partial charge in [-0.1, -0.05) is 12.8 Å². The molecule has 0 bridgehead atoms. The van der Waals surface area contributed by atoms with Crippen LogP contribution in [0.1, 0.15) is 42.1 Å². The molecule has 1 aliphatic rings. The van der Waals surface area contributed by atoms with Crippen molar-refractivity contribution in [1.29, 1.82) is 0 Å². The van der Waals surface area contributed by atoms with Crippen LogP contribution in [0, 0.1) is 0 Å². The van der Waals surface area contributed by atoms with Crippen LogP contribution in [0.4, 0.5) is 5.82 Å². The molecule has 1 aromatic carbocycles. The van der Waals surface area contributed by atoms with Gasteiger partial charge in [0, 0.05) is 33.6 Å². The summed E-state index contributed by atoms with van der Waals surface area (Å²) >= 11 is 0. The van der Waals surface area contributed by atoms with E-state index in [-0.39, 0.29) is 5.91 Å². The topological polar surface area (TPSA) is 64.0 Å². The van der Waals surface area contributed by atoms with Crippen LogP contribution < -0.4 is 5.32 Å². The highest BCUT2D eigenvalue weighted by Gasteiger charge is 2.20. The first kappa shape index (κ1) is 15.0. The molecule has 1 atom stereocenters. The van der Waals surface area contributed by atoms with E-state index >= 15 is 0 Å². The van der Waals surface area contributed by atoms with Crippen molar-refractivity contribution in [3.05, 3.63) is 42.1 Å². The smallest absolute Gasteiger partial charge is 0.256 e. The van der Waals surface area contributed by atoms with Crippen LogP contribution in [0.2, 0.25) is 0 Å². The van der Waals surface area contributed by atoms with Gasteiger partial charge in [-0.05, 0) is 37.1 Å². The number of carbonyl (C=O) groups is 1. The lowest BCUT2D eigenvalue weighted by atomic mass is 10.2. The molecule has 0 aliphatic heterocycles. The minimum absolute atomic E-state index is 0.173. The van der Waals surface area contributed by atoms with Crippen LogP contribution in [0.5, 0.6) is 0 Å². The number of amides is 1. The molecule has 1 fully saturated rings. The van der Waals surface area contributed by atoms with Gasteiger partial charge in [0.1, 0.15) is 5.82 Å². The zero-order valence-corrected chi connectivity index (χ0v) is 13.3. The van der Waals surface area contributed by atoms with E-state index in [4.69, 9.17) is 0 Å². The lowest BCUT2D eigenvalue weighted by molar-refractivity contribution is 0.102. The van der Waals surface area contributed by atoms with E-state index in [0.29, 0.717) is 16.5 Å². The number of nitrogens with zero attached hydrogens (tertiary/aromatic N) is 2. The highest BCUT2D eigenvalue weighted by molar-refractivity contribution is 7.84. The first-order valence-corrected chi connectivity index (χ1v) is 8.99. The van der Waals surface area contributed by atoms with Gasteiger partial charge in [-0.15, -0.1) is 0 Å². The SMILES string of the molecule is CS(=O)c1ccc(C(=O)Nc2ccnn2C2CCCC2)cc1. The summed E-state index contributed by atoms with van der Waals surface area (Å²) in [6, 6.07) is 9.05. The van der Waals surface area contributed by atoms with Crippen LogP contribution in [-0.2, 0) is 10.8 Å². The maximum Gasteiger partial charge on any atom is 0.256 e. The molecular formula is C16H19N3O2S. The Kier molecular flexibility index (Phi) is 4.38. The molecule has 22 heavy (non-hydrogen) atoms. The summed E-state index contributed by atoms with van der Waals surface area (Å²) < 4.78 is 13.3. The number of carbonyl (C=O) groups excluding carboxylic acids is 1. The number of nitrogens with one attached hydrogen (secondary N) is 1. The fraction of sp³-hybridized carbons (Fsp3) is 0.375. The third-order valence-electron chi connectivity index (χ3n) is 4.03. The van der Waals surface area contributed by atoms with Gasteiger partial charge in [-0.25, -0.2) is 4.68 Å². The number of hydrogen-bond donors (Lipinski definition) is 1. The van der Waals surface area contributed by atoms with Crippen molar-refractivity contribution < 1.29 is 9.00 Å². The van der Waals surface area contributed by atoms with E-state index in [2.05, 4.69) is 10.4 Å². The molecule has 0 radical (unpaired) electrons. The minimum atomic E-state index is -1.03. The van der Waals surface area contributed by atoms with Gasteiger partial charge in [-0.2, -0.15) is 5.10 Å². The average molecular weight is 317 g/mol. The van der Waals surface area contributed by atoms with E-state index < -0.39 is 10.8 Å². The Morgan fingerprint density at radius 2 is 1.91 bits per heavy atom. The number of aromatic nitrogens is 2. The fourth-order valence-corrected chi connectivity index (χ4v) is 3.36. The van der Waals surface area contributed by atoms with Crippen molar-refractivity contribution in [3.63, 3.8) is 0 Å². The van der Waals surface area contributed by atoms with Crippen molar-refractivity contribution in [3.8, 4) is 0 Å². The Balaban J connectivity index is 1.74. The fourth-order valence-electron chi connectivity index (χ4n) is 2.84. The summed E-state index contributed by atoms with van der Waals surface area (Å²) in [5.41, 5.74) is 0.549. The van der Waals surface area contributed by atoms with Crippen molar-refractivity contribution >= 4 is 22.5 Å². The van der Waals surface area contributed by atoms with Gasteiger partial charge in [-0.3, -0.25) is 9.00 Å². The van der Waals surface area contributed by atoms with Gasteiger partial charge in [0.05, 0.1) is 12.2 Å². The molecule has 1 saturated carbocycles. The monoisotopic (exact) mass is 317 g/mol. The molecular weight excluding hydrogens is 298 g/mol. The van der Waals surface area contributed by atoms with Crippen molar-refractivity contribution in [2.45, 2.75) is 36.6 Å². The molecule has 1 unspecified atom stereocenters. The Bertz CT molecular complexity index is 688. The van der Waals surface area contributed by atoms with Crippen LogP contribution in [0.25, 0.3) is 0 Å². The predicted octanol–water partition coefficient (Wildman–Crippen LogP) is 2.99. The predicted molar refractivity (Wildman–Crippen MR) is 86.5 cm³/mol. The van der Waals surface area contributed by atoms with E-state index in [1.54, 1.807) is 36.7 Å². The molecule has 1 aromatic heterocycles. The summed E-state index contributed by atoms with van der Waals surface area (Å²) in [6.45, 7) is 0. The molecule has 1 amide bonds. The van der Waals surface area contributed by atoms with Gasteiger partial charge in [0.25, 0.3) is 5.91 Å². The Morgan fingerprint density at radius 1 is 1.23 bits per heavy atom. The largest absolute Gasteiger partial charge is 0.307 e. The van der Waals surface area contributed by atoms with Crippen molar-refractivity contribution in [2.75, 3.05) is 11.6 Å². The molecule has 116 valence electrons. The number of benzene rings is 1. The summed E-state index contributed by atoms with van der Waals surface area (Å²) in [5, 5.41) is 7.26. The Hall–Kier alpha value is -1.95. The standard InChI is InChI=1S/C16H19N3O2S/c1-22(21)14-8-6-12(7-9-14)16(20)18-15-10-11-17-19(15)13-4-2-3-5-13/h6-11,13H,2-5H2,1H3,(H,18,20). The third kappa shape index (κ3) is 3.11. The Morgan fingerprint density at radius 3 is 2.55 bits per heavy atom. The maximum atomic E-state index is 12.3. The number of rotatable bonds is 4. The van der Waals surface area contributed by atoms with Gasteiger partial charge in [0.2, 0.25) is 0 Å². The van der Waals surface area contributed by atoms with E-state index in [9.17, 15) is 9.00 Å². The first-order chi connectivity index (χ1) is 10.6. The zero-order valence-electron chi connectivity index (χ0n) is 12.5. The van der Waals surface area contributed by atoms with E-state index in [0.717, 1.165) is 18.7 Å². The summed E-state index contributed by atoms with van der Waals surface area (Å²) in [6.07, 6.45) is 8.00. The van der Waals surface area contributed by atoms with Crippen LogP contribution >= 0.6 is 0 Å². The average Bonchev–Trinajstić information content (AvgIpc) is 3.18. The summed E-state index contributed by atoms with van der Waals surface area (Å²) in [5.74, 6) is 0.563. The molecule has 3 rings (SSSR count). The second-order valence-corrected chi connectivity index (χ2v) is 6.91. The van der Waals surface area contributed by atoms with Crippen LogP contribution in [0.3, 0.4) is 0 Å². The molecule has 0 spiro atoms. The maximum absolute atomic E-state index is 12.3. The highest BCUT2D eigenvalue weighted by Crippen LogP contribution is 2.31. The molecule has 1 N–H and O–H groups in total. The van der Waals surface area contributed by atoms with E-state index in [1.807, 2.05) is 10.7 Å². The first-order valence-electron chi connectivity index (χ1n) is 7.43. The Labute approximate surface area is 132 Å². The van der Waals surface area contributed by atoms with Crippen LogP contribution in [0.15, 0.2) is 41.4 Å². The number of anilines is 1. The van der Waals surface area contributed by atoms with Gasteiger partial charge >= 0.3 is 0 Å². The molecule has 1 heterocycles. The van der Waals surface area contributed by atoms with Gasteiger partial charge in [0.15, 0.2) is 0 Å². The molecule has 0 saturated heterocycles.